The number of hydrogen-bond acceptors (Lipinski definition) is 5. The molecule has 1 aromatic carbocycles. The highest BCUT2D eigenvalue weighted by Crippen LogP contribution is 2.23. The Morgan fingerprint density at radius 2 is 2.12 bits per heavy atom. The Morgan fingerprint density at radius 1 is 1.28 bits per heavy atom. The maximum atomic E-state index is 12.6. The molecule has 0 radical (unpaired) electrons. The standard InChI is InChI=1S/C18H24N4O2S/c1-14-19-15(13-25-14)12-21-8-5-9-22(11-10-21)18(23)20-16-6-3-4-7-17(16)24-2/h3-4,6-7,13H,5,8-12H2,1-2H3,(H,20,23). The summed E-state index contributed by atoms with van der Waals surface area (Å²) < 4.78 is 5.30. The fourth-order valence-electron chi connectivity index (χ4n) is 2.98. The monoisotopic (exact) mass is 360 g/mol. The highest BCUT2D eigenvalue weighted by atomic mass is 32.1. The third-order valence-corrected chi connectivity index (χ3v) is 5.10. The summed E-state index contributed by atoms with van der Waals surface area (Å²) >= 11 is 1.68. The SMILES string of the molecule is COc1ccccc1NC(=O)N1CCCN(Cc2csc(C)n2)CC1. The number of aryl methyl sites for hydroxylation is 1. The number of para-hydroxylation sites is 2. The van der Waals surface area contributed by atoms with Gasteiger partial charge >= 0.3 is 6.03 Å². The van der Waals surface area contributed by atoms with Crippen LogP contribution in [0.1, 0.15) is 17.1 Å². The second-order valence-corrected chi connectivity index (χ2v) is 7.17. The second kappa shape index (κ2) is 8.31. The molecule has 3 rings (SSSR count). The fraction of sp³-hybridized carbons (Fsp3) is 0.444. The second-order valence-electron chi connectivity index (χ2n) is 6.11. The summed E-state index contributed by atoms with van der Waals surface area (Å²) in [5.74, 6) is 0.672. The molecule has 0 unspecified atom stereocenters. The lowest BCUT2D eigenvalue weighted by Gasteiger charge is -2.22. The molecule has 0 bridgehead atoms. The molecule has 1 aromatic heterocycles. The number of urea groups is 1. The van der Waals surface area contributed by atoms with Gasteiger partial charge in [0.05, 0.1) is 23.5 Å². The van der Waals surface area contributed by atoms with Crippen LogP contribution in [0.2, 0.25) is 0 Å². The van der Waals surface area contributed by atoms with Gasteiger partial charge in [-0.15, -0.1) is 11.3 Å². The molecule has 0 saturated carbocycles. The number of carbonyl (C=O) groups is 1. The third kappa shape index (κ3) is 4.70. The number of nitrogens with zero attached hydrogens (tertiary/aromatic N) is 3. The third-order valence-electron chi connectivity index (χ3n) is 4.28. The van der Waals surface area contributed by atoms with Gasteiger partial charge in [-0.2, -0.15) is 0 Å². The molecule has 0 atom stereocenters. The smallest absolute Gasteiger partial charge is 0.321 e. The van der Waals surface area contributed by atoms with Crippen LogP contribution in [0, 0.1) is 6.92 Å². The molecule has 6 nitrogen and oxygen atoms in total. The Bertz CT molecular complexity index is 719. The average Bonchev–Trinajstić information content (AvgIpc) is 2.88. The minimum Gasteiger partial charge on any atom is -0.495 e. The molecule has 1 saturated heterocycles. The molecule has 2 amide bonds. The van der Waals surface area contributed by atoms with Crippen molar-refractivity contribution in [1.82, 2.24) is 14.8 Å². The van der Waals surface area contributed by atoms with Gasteiger partial charge in [-0.25, -0.2) is 9.78 Å². The van der Waals surface area contributed by atoms with Crippen molar-refractivity contribution in [1.29, 1.82) is 0 Å². The van der Waals surface area contributed by atoms with Gasteiger partial charge < -0.3 is 15.0 Å². The number of ether oxygens (including phenoxy) is 1. The number of anilines is 1. The maximum Gasteiger partial charge on any atom is 0.321 e. The highest BCUT2D eigenvalue weighted by molar-refractivity contribution is 7.09. The summed E-state index contributed by atoms with van der Waals surface area (Å²) in [6, 6.07) is 7.40. The maximum absolute atomic E-state index is 12.6. The fourth-order valence-corrected chi connectivity index (χ4v) is 3.59. The first kappa shape index (κ1) is 17.7. The minimum atomic E-state index is -0.0733. The van der Waals surface area contributed by atoms with Gasteiger partial charge in [0.2, 0.25) is 0 Å². The molecule has 0 spiro atoms. The van der Waals surface area contributed by atoms with Crippen molar-refractivity contribution in [3.63, 3.8) is 0 Å². The number of hydrogen-bond donors (Lipinski definition) is 1. The van der Waals surface area contributed by atoms with Crippen LogP contribution in [-0.2, 0) is 6.54 Å². The number of nitrogens with one attached hydrogen (secondary N) is 1. The van der Waals surface area contributed by atoms with Crippen molar-refractivity contribution < 1.29 is 9.53 Å². The Labute approximate surface area is 152 Å². The topological polar surface area (TPSA) is 57.7 Å². The molecule has 2 aromatic rings. The van der Waals surface area contributed by atoms with E-state index in [0.29, 0.717) is 18.0 Å². The molecule has 134 valence electrons. The summed E-state index contributed by atoms with van der Waals surface area (Å²) in [7, 11) is 1.61. The van der Waals surface area contributed by atoms with Gasteiger partial charge in [-0.1, -0.05) is 12.1 Å². The molecule has 1 fully saturated rings. The molecular weight excluding hydrogens is 336 g/mol. The Hall–Kier alpha value is -2.12. The van der Waals surface area contributed by atoms with Gasteiger partial charge in [-0.3, -0.25) is 4.90 Å². The number of thiazole rings is 1. The molecule has 2 heterocycles. The van der Waals surface area contributed by atoms with E-state index in [9.17, 15) is 4.79 Å². The van der Waals surface area contributed by atoms with Crippen molar-refractivity contribution in [2.75, 3.05) is 38.6 Å². The summed E-state index contributed by atoms with van der Waals surface area (Å²) in [4.78, 5) is 21.4. The minimum absolute atomic E-state index is 0.0733. The van der Waals surface area contributed by atoms with Crippen molar-refractivity contribution in [2.45, 2.75) is 19.9 Å². The predicted octanol–water partition coefficient (Wildman–Crippen LogP) is 3.20. The lowest BCUT2D eigenvalue weighted by molar-refractivity contribution is 0.210. The number of methoxy groups -OCH3 is 1. The molecule has 0 aliphatic carbocycles. The van der Waals surface area contributed by atoms with Gasteiger partial charge in [-0.05, 0) is 25.5 Å². The van der Waals surface area contributed by atoms with E-state index in [1.54, 1.807) is 18.4 Å². The van der Waals surface area contributed by atoms with Crippen LogP contribution >= 0.6 is 11.3 Å². The van der Waals surface area contributed by atoms with E-state index in [-0.39, 0.29) is 6.03 Å². The van der Waals surface area contributed by atoms with Gasteiger partial charge in [0.1, 0.15) is 5.75 Å². The summed E-state index contributed by atoms with van der Waals surface area (Å²) in [6.07, 6.45) is 0.961. The molecule has 7 heteroatoms. The molecule has 1 aliphatic heterocycles. The van der Waals surface area contributed by atoms with Gasteiger partial charge in [0.15, 0.2) is 0 Å². The first-order valence-electron chi connectivity index (χ1n) is 8.48. The number of aromatic nitrogens is 1. The summed E-state index contributed by atoms with van der Waals surface area (Å²) in [5, 5.41) is 6.18. The van der Waals surface area contributed by atoms with Crippen molar-refractivity contribution in [2.24, 2.45) is 0 Å². The zero-order valence-electron chi connectivity index (χ0n) is 14.7. The van der Waals surface area contributed by atoms with Crippen molar-refractivity contribution in [3.05, 3.63) is 40.3 Å². The first-order valence-corrected chi connectivity index (χ1v) is 9.36. The Morgan fingerprint density at radius 3 is 2.88 bits per heavy atom. The van der Waals surface area contributed by atoms with E-state index in [4.69, 9.17) is 4.74 Å². The van der Waals surface area contributed by atoms with E-state index in [0.717, 1.165) is 43.3 Å². The normalized spacial score (nSPS) is 15.7. The lowest BCUT2D eigenvalue weighted by atomic mass is 10.3. The van der Waals surface area contributed by atoms with Crippen molar-refractivity contribution in [3.8, 4) is 5.75 Å². The highest BCUT2D eigenvalue weighted by Gasteiger charge is 2.20. The molecule has 1 aliphatic rings. The van der Waals surface area contributed by atoms with E-state index >= 15 is 0 Å². The summed E-state index contributed by atoms with van der Waals surface area (Å²) in [5.41, 5.74) is 1.82. The van der Waals surface area contributed by atoms with Crippen LogP contribution < -0.4 is 10.1 Å². The van der Waals surface area contributed by atoms with E-state index in [1.807, 2.05) is 36.1 Å². The molecule has 1 N–H and O–H groups in total. The lowest BCUT2D eigenvalue weighted by Crippen LogP contribution is -2.38. The van der Waals surface area contributed by atoms with Crippen LogP contribution in [0.25, 0.3) is 0 Å². The zero-order valence-corrected chi connectivity index (χ0v) is 15.5. The Balaban J connectivity index is 1.56. The van der Waals surface area contributed by atoms with Crippen LogP contribution in [0.3, 0.4) is 0 Å². The Kier molecular flexibility index (Phi) is 5.88. The van der Waals surface area contributed by atoms with Gasteiger partial charge in [0.25, 0.3) is 0 Å². The number of carbonyl (C=O) groups excluding carboxylic acids is 1. The largest absolute Gasteiger partial charge is 0.495 e. The summed E-state index contributed by atoms with van der Waals surface area (Å²) in [6.45, 7) is 6.19. The molecule has 25 heavy (non-hydrogen) atoms. The number of amides is 2. The van der Waals surface area contributed by atoms with Crippen LogP contribution in [0.15, 0.2) is 29.6 Å². The number of benzene rings is 1. The average molecular weight is 360 g/mol. The predicted molar refractivity (Wildman–Crippen MR) is 100 cm³/mol. The van der Waals surface area contributed by atoms with E-state index < -0.39 is 0 Å². The van der Waals surface area contributed by atoms with Crippen LogP contribution in [-0.4, -0.2) is 54.1 Å². The zero-order chi connectivity index (χ0) is 17.6. The van der Waals surface area contributed by atoms with Crippen LogP contribution in [0.5, 0.6) is 5.75 Å². The van der Waals surface area contributed by atoms with E-state index in [2.05, 4.69) is 20.6 Å². The number of rotatable bonds is 4. The van der Waals surface area contributed by atoms with E-state index in [1.165, 1.54) is 0 Å². The quantitative estimate of drug-likeness (QED) is 0.910. The van der Waals surface area contributed by atoms with Crippen LogP contribution in [0.4, 0.5) is 10.5 Å². The first-order chi connectivity index (χ1) is 12.2. The molecular formula is C18H24N4O2S. The van der Waals surface area contributed by atoms with Crippen molar-refractivity contribution >= 4 is 23.1 Å². The van der Waals surface area contributed by atoms with Gasteiger partial charge in [0, 0.05) is 38.1 Å².